The minimum absolute atomic E-state index is 0.229. The van der Waals surface area contributed by atoms with Crippen LogP contribution in [0, 0.1) is 0 Å². The summed E-state index contributed by atoms with van der Waals surface area (Å²) in [6.45, 7) is 0.669. The Labute approximate surface area is 248 Å². The Kier molecular flexibility index (Phi) is 8.61. The minimum atomic E-state index is -0.280. The van der Waals surface area contributed by atoms with E-state index in [-0.39, 0.29) is 11.8 Å². The first-order valence-corrected chi connectivity index (χ1v) is 13.6. The van der Waals surface area contributed by atoms with Crippen molar-refractivity contribution in [3.05, 3.63) is 108 Å². The minimum Gasteiger partial charge on any atom is -0.351 e. The van der Waals surface area contributed by atoms with Crippen molar-refractivity contribution in [1.82, 2.24) is 19.4 Å². The number of fused-ring (bicyclic) bond motifs is 1. The van der Waals surface area contributed by atoms with Crippen molar-refractivity contribution >= 4 is 57.3 Å². The number of anilines is 4. The molecule has 42 heavy (non-hydrogen) atoms. The van der Waals surface area contributed by atoms with E-state index in [0.29, 0.717) is 45.8 Å². The molecule has 0 atom stereocenters. The molecule has 0 saturated heterocycles. The molecule has 2 aromatic heterocycles. The van der Waals surface area contributed by atoms with Crippen LogP contribution in [-0.2, 0) is 11.8 Å². The number of halogens is 1. The maximum absolute atomic E-state index is 12.9. The molecular weight excluding hydrogens is 550 g/mol. The highest BCUT2D eigenvalue weighted by atomic mass is 35.5. The molecule has 2 amide bonds. The van der Waals surface area contributed by atoms with Crippen molar-refractivity contribution in [2.75, 3.05) is 36.6 Å². The summed E-state index contributed by atoms with van der Waals surface area (Å²) in [5, 5.41) is 10.4. The Morgan fingerprint density at radius 1 is 0.952 bits per heavy atom. The van der Waals surface area contributed by atoms with Crippen LogP contribution < -0.4 is 16.0 Å². The SMILES string of the molecule is CN(C)C/C=C/C(=O)Nc1ccc(C(=O)Nc2cccc(Nc3ncc(Cl)c(-c4ccc5c(ccn5C)c4)n3)c2)cc1. The predicted octanol–water partition coefficient (Wildman–Crippen LogP) is 6.34. The summed E-state index contributed by atoms with van der Waals surface area (Å²) in [4.78, 5) is 35.9. The molecule has 0 aliphatic carbocycles. The molecular formula is C32H30ClN7O2. The van der Waals surface area contributed by atoms with Gasteiger partial charge in [-0.25, -0.2) is 9.97 Å². The first-order valence-electron chi connectivity index (χ1n) is 13.2. The second-order valence-corrected chi connectivity index (χ2v) is 10.4. The summed E-state index contributed by atoms with van der Waals surface area (Å²) in [7, 11) is 5.86. The van der Waals surface area contributed by atoms with Crippen molar-refractivity contribution in [2.45, 2.75) is 0 Å². The molecule has 212 valence electrons. The van der Waals surface area contributed by atoms with Crippen LogP contribution in [0.4, 0.5) is 23.0 Å². The molecule has 2 heterocycles. The van der Waals surface area contributed by atoms with Crippen LogP contribution >= 0.6 is 11.6 Å². The third-order valence-electron chi connectivity index (χ3n) is 6.43. The number of rotatable bonds is 9. The van der Waals surface area contributed by atoms with Gasteiger partial charge >= 0.3 is 0 Å². The lowest BCUT2D eigenvalue weighted by molar-refractivity contribution is -0.111. The second-order valence-electron chi connectivity index (χ2n) is 9.98. The molecule has 0 aliphatic rings. The lowest BCUT2D eigenvalue weighted by Gasteiger charge is -2.11. The fraction of sp³-hybridized carbons (Fsp3) is 0.125. The Balaban J connectivity index is 1.24. The van der Waals surface area contributed by atoms with E-state index in [2.05, 4.69) is 30.5 Å². The van der Waals surface area contributed by atoms with E-state index in [1.54, 1.807) is 48.7 Å². The molecule has 3 N–H and O–H groups in total. The van der Waals surface area contributed by atoms with E-state index >= 15 is 0 Å². The summed E-state index contributed by atoms with van der Waals surface area (Å²) in [6, 6.07) is 22.1. The second kappa shape index (κ2) is 12.7. The summed E-state index contributed by atoms with van der Waals surface area (Å²) in [5.41, 5.74) is 4.97. The summed E-state index contributed by atoms with van der Waals surface area (Å²) in [6.07, 6.45) is 6.85. The Morgan fingerprint density at radius 3 is 2.52 bits per heavy atom. The van der Waals surface area contributed by atoms with Crippen molar-refractivity contribution < 1.29 is 9.59 Å². The largest absolute Gasteiger partial charge is 0.351 e. The number of aryl methyl sites for hydroxylation is 1. The number of likely N-dealkylation sites (N-methyl/N-ethyl adjacent to an activating group) is 1. The fourth-order valence-corrected chi connectivity index (χ4v) is 4.53. The molecule has 0 unspecified atom stereocenters. The van der Waals surface area contributed by atoms with Crippen molar-refractivity contribution in [2.24, 2.45) is 7.05 Å². The highest BCUT2D eigenvalue weighted by Gasteiger charge is 2.12. The molecule has 5 aromatic rings. The van der Waals surface area contributed by atoms with E-state index in [9.17, 15) is 9.59 Å². The first kappa shape index (κ1) is 28.5. The van der Waals surface area contributed by atoms with Gasteiger partial charge in [0, 0.05) is 65.0 Å². The van der Waals surface area contributed by atoms with Gasteiger partial charge in [0.15, 0.2) is 0 Å². The lowest BCUT2D eigenvalue weighted by atomic mass is 10.1. The highest BCUT2D eigenvalue weighted by Crippen LogP contribution is 2.30. The van der Waals surface area contributed by atoms with Crippen LogP contribution in [0.2, 0.25) is 5.02 Å². The third kappa shape index (κ3) is 7.01. The van der Waals surface area contributed by atoms with Crippen LogP contribution in [0.3, 0.4) is 0 Å². The van der Waals surface area contributed by atoms with E-state index in [1.807, 2.05) is 68.6 Å². The van der Waals surface area contributed by atoms with Gasteiger partial charge in [0.1, 0.15) is 0 Å². The smallest absolute Gasteiger partial charge is 0.255 e. The Hall–Kier alpha value is -4.99. The molecule has 0 fully saturated rings. The van der Waals surface area contributed by atoms with Gasteiger partial charge < -0.3 is 25.4 Å². The normalized spacial score (nSPS) is 11.3. The van der Waals surface area contributed by atoms with Crippen LogP contribution in [-0.4, -0.2) is 51.9 Å². The standard InChI is InChI=1S/C32H30ClN7O2/c1-39(2)16-5-8-29(41)35-24-12-9-21(10-13-24)31(42)36-25-6-4-7-26(19-25)37-32-34-20-27(33)30(38-32)23-11-14-28-22(18-23)15-17-40(28)3/h4-15,17-20H,16H2,1-3H3,(H,35,41)(H,36,42)(H,34,37,38)/b8-5+. The maximum atomic E-state index is 12.9. The number of aromatic nitrogens is 3. The van der Waals surface area contributed by atoms with Crippen LogP contribution in [0.15, 0.2) is 97.3 Å². The van der Waals surface area contributed by atoms with Crippen molar-refractivity contribution in [3.63, 3.8) is 0 Å². The zero-order valence-corrected chi connectivity index (χ0v) is 24.2. The van der Waals surface area contributed by atoms with Gasteiger partial charge in [-0.2, -0.15) is 0 Å². The van der Waals surface area contributed by atoms with Crippen LogP contribution in [0.5, 0.6) is 0 Å². The van der Waals surface area contributed by atoms with Gasteiger partial charge in [-0.15, -0.1) is 0 Å². The van der Waals surface area contributed by atoms with Gasteiger partial charge in [0.2, 0.25) is 11.9 Å². The number of carbonyl (C=O) groups is 2. The van der Waals surface area contributed by atoms with Gasteiger partial charge in [0.25, 0.3) is 5.91 Å². The van der Waals surface area contributed by atoms with Crippen molar-refractivity contribution in [3.8, 4) is 11.3 Å². The average molecular weight is 580 g/mol. The number of nitrogens with zero attached hydrogens (tertiary/aromatic N) is 4. The molecule has 0 saturated carbocycles. The zero-order valence-electron chi connectivity index (χ0n) is 23.4. The number of hydrogen-bond donors (Lipinski definition) is 3. The number of hydrogen-bond acceptors (Lipinski definition) is 6. The van der Waals surface area contributed by atoms with Gasteiger partial charge in [-0.3, -0.25) is 9.59 Å². The number of nitrogens with one attached hydrogen (secondary N) is 3. The molecule has 5 rings (SSSR count). The number of carbonyl (C=O) groups excluding carboxylic acids is 2. The van der Waals surface area contributed by atoms with Gasteiger partial charge in [-0.1, -0.05) is 29.8 Å². The molecule has 0 radical (unpaired) electrons. The Morgan fingerprint density at radius 2 is 1.74 bits per heavy atom. The average Bonchev–Trinajstić information content (AvgIpc) is 3.34. The van der Waals surface area contributed by atoms with Crippen LogP contribution in [0.1, 0.15) is 10.4 Å². The quantitative estimate of drug-likeness (QED) is 0.176. The predicted molar refractivity (Wildman–Crippen MR) is 169 cm³/mol. The Bertz CT molecular complexity index is 1780. The van der Waals surface area contributed by atoms with Crippen LogP contribution in [0.25, 0.3) is 22.2 Å². The topological polar surface area (TPSA) is 104 Å². The summed E-state index contributed by atoms with van der Waals surface area (Å²) < 4.78 is 2.06. The monoisotopic (exact) mass is 579 g/mol. The molecule has 0 spiro atoms. The zero-order chi connectivity index (χ0) is 29.6. The summed E-state index contributed by atoms with van der Waals surface area (Å²) >= 11 is 6.47. The van der Waals surface area contributed by atoms with E-state index in [4.69, 9.17) is 11.6 Å². The fourth-order valence-electron chi connectivity index (χ4n) is 4.33. The molecule has 0 aliphatic heterocycles. The van der Waals surface area contributed by atoms with E-state index < -0.39 is 0 Å². The highest BCUT2D eigenvalue weighted by molar-refractivity contribution is 6.33. The van der Waals surface area contributed by atoms with E-state index in [1.165, 1.54) is 6.08 Å². The van der Waals surface area contributed by atoms with Crippen molar-refractivity contribution in [1.29, 1.82) is 0 Å². The molecule has 10 heteroatoms. The van der Waals surface area contributed by atoms with E-state index in [0.717, 1.165) is 16.5 Å². The maximum Gasteiger partial charge on any atom is 0.255 e. The number of benzene rings is 3. The lowest BCUT2D eigenvalue weighted by Crippen LogP contribution is -2.13. The third-order valence-corrected chi connectivity index (χ3v) is 6.71. The molecule has 0 bridgehead atoms. The first-order chi connectivity index (χ1) is 20.2. The molecule has 9 nitrogen and oxygen atoms in total. The van der Waals surface area contributed by atoms with Gasteiger partial charge in [-0.05, 0) is 74.8 Å². The van der Waals surface area contributed by atoms with Gasteiger partial charge in [0.05, 0.1) is 16.9 Å². The molecule has 3 aromatic carbocycles. The number of amides is 2. The summed E-state index contributed by atoms with van der Waals surface area (Å²) in [5.74, 6) is -0.134.